The summed E-state index contributed by atoms with van der Waals surface area (Å²) in [7, 11) is 2.18. The number of piperidine rings is 1. The molecule has 0 amide bonds. The summed E-state index contributed by atoms with van der Waals surface area (Å²) in [5.41, 5.74) is 1.15. The van der Waals surface area contributed by atoms with Gasteiger partial charge < -0.3 is 20.4 Å². The summed E-state index contributed by atoms with van der Waals surface area (Å²) in [5.74, 6) is 1.97. The molecule has 0 saturated carbocycles. The molecule has 3 heterocycles. The van der Waals surface area contributed by atoms with Gasteiger partial charge in [-0.15, -0.1) is 24.0 Å². The Bertz CT molecular complexity index is 644. The van der Waals surface area contributed by atoms with Gasteiger partial charge in [-0.3, -0.25) is 4.90 Å². The number of likely N-dealkylation sites (tertiary alicyclic amines) is 1. The largest absolute Gasteiger partial charge is 0.357 e. The minimum Gasteiger partial charge on any atom is -0.357 e. The summed E-state index contributed by atoms with van der Waals surface area (Å²) in [6.07, 6.45) is 7.29. The number of likely N-dealkylation sites (N-methyl/N-ethyl adjacent to an activating group) is 1. The number of nitrogens with one attached hydrogen (secondary N) is 2. The molecule has 1 aromatic rings. The van der Waals surface area contributed by atoms with Gasteiger partial charge in [0.25, 0.3) is 0 Å². The monoisotopic (exact) mass is 543 g/mol. The molecule has 0 bridgehead atoms. The van der Waals surface area contributed by atoms with E-state index in [1.807, 2.05) is 6.20 Å². The van der Waals surface area contributed by atoms with Crippen molar-refractivity contribution >= 4 is 35.8 Å². The minimum atomic E-state index is 0. The first-order valence-corrected chi connectivity index (χ1v) is 11.8. The van der Waals surface area contributed by atoms with E-state index in [0.717, 1.165) is 69.2 Å². The van der Waals surface area contributed by atoms with Gasteiger partial charge in [0, 0.05) is 58.1 Å². The van der Waals surface area contributed by atoms with E-state index < -0.39 is 0 Å². The molecule has 1 aromatic heterocycles. The van der Waals surface area contributed by atoms with Crippen LogP contribution in [0.15, 0.2) is 23.3 Å². The Hall–Kier alpha value is -1.13. The second kappa shape index (κ2) is 14.1. The molecule has 2 fully saturated rings. The van der Waals surface area contributed by atoms with E-state index in [1.54, 1.807) is 0 Å². The molecule has 31 heavy (non-hydrogen) atoms. The van der Waals surface area contributed by atoms with Gasteiger partial charge in [-0.05, 0) is 51.4 Å². The molecule has 0 spiro atoms. The number of pyridine rings is 1. The Labute approximate surface area is 206 Å². The molecule has 2 aliphatic rings. The van der Waals surface area contributed by atoms with Gasteiger partial charge in [-0.25, -0.2) is 9.98 Å². The highest BCUT2D eigenvalue weighted by atomic mass is 127. The van der Waals surface area contributed by atoms with Gasteiger partial charge in [0.05, 0.1) is 6.54 Å². The summed E-state index contributed by atoms with van der Waals surface area (Å²) in [6, 6.07) is 5.05. The number of aliphatic imine (C=N–C) groups is 1. The van der Waals surface area contributed by atoms with Crippen LogP contribution in [0.4, 0.5) is 5.82 Å². The molecule has 176 valence electrons. The van der Waals surface area contributed by atoms with Crippen LogP contribution in [0.2, 0.25) is 0 Å². The third-order valence-corrected chi connectivity index (χ3v) is 6.31. The molecule has 0 aromatic carbocycles. The van der Waals surface area contributed by atoms with Crippen LogP contribution < -0.4 is 15.5 Å². The number of nitrogens with zero attached hydrogens (tertiary/aromatic N) is 5. The Morgan fingerprint density at radius 2 is 1.90 bits per heavy atom. The topological polar surface area (TPSA) is 59.0 Å². The molecule has 2 N–H and O–H groups in total. The number of guanidine groups is 1. The SMILES string of the molecule is CCNC(=NCc1ccc(N2CCN(C)CC2)nc1)NCCN1CCCCC1CC.I. The molecule has 8 heteroatoms. The Morgan fingerprint density at radius 1 is 1.10 bits per heavy atom. The van der Waals surface area contributed by atoms with E-state index in [9.17, 15) is 0 Å². The van der Waals surface area contributed by atoms with Crippen LogP contribution in [0.3, 0.4) is 0 Å². The number of anilines is 1. The maximum absolute atomic E-state index is 4.77. The highest BCUT2D eigenvalue weighted by molar-refractivity contribution is 14.0. The van der Waals surface area contributed by atoms with Crippen molar-refractivity contribution in [3.63, 3.8) is 0 Å². The molecule has 3 rings (SSSR count). The lowest BCUT2D eigenvalue weighted by Crippen LogP contribution is -2.45. The second-order valence-corrected chi connectivity index (χ2v) is 8.53. The van der Waals surface area contributed by atoms with Crippen molar-refractivity contribution in [2.24, 2.45) is 4.99 Å². The van der Waals surface area contributed by atoms with Crippen molar-refractivity contribution in [3.8, 4) is 0 Å². The second-order valence-electron chi connectivity index (χ2n) is 8.53. The molecule has 0 aliphatic carbocycles. The van der Waals surface area contributed by atoms with E-state index >= 15 is 0 Å². The van der Waals surface area contributed by atoms with E-state index in [0.29, 0.717) is 6.54 Å². The van der Waals surface area contributed by atoms with Gasteiger partial charge >= 0.3 is 0 Å². The Balaban J connectivity index is 0.00000341. The zero-order chi connectivity index (χ0) is 21.2. The Morgan fingerprint density at radius 3 is 2.58 bits per heavy atom. The van der Waals surface area contributed by atoms with Crippen LogP contribution in [0.25, 0.3) is 0 Å². The standard InChI is InChI=1S/C23H41N7.HI/c1-4-21-8-6-7-12-29(21)13-11-25-23(24-5-2)27-19-20-9-10-22(26-18-20)30-16-14-28(3)15-17-30;/h9-10,18,21H,4-8,11-17,19H2,1-3H3,(H2,24,25,27);1H. The van der Waals surface area contributed by atoms with Crippen molar-refractivity contribution in [1.82, 2.24) is 25.4 Å². The van der Waals surface area contributed by atoms with Gasteiger partial charge in [-0.1, -0.05) is 19.4 Å². The van der Waals surface area contributed by atoms with Crippen LogP contribution in [-0.2, 0) is 6.54 Å². The first-order valence-electron chi connectivity index (χ1n) is 11.8. The molecule has 2 aliphatic heterocycles. The van der Waals surface area contributed by atoms with E-state index in [2.05, 4.69) is 63.3 Å². The highest BCUT2D eigenvalue weighted by Gasteiger charge is 2.20. The third-order valence-electron chi connectivity index (χ3n) is 6.31. The number of hydrogen-bond acceptors (Lipinski definition) is 5. The maximum atomic E-state index is 4.77. The first-order chi connectivity index (χ1) is 14.7. The number of halogens is 1. The van der Waals surface area contributed by atoms with Crippen LogP contribution in [0, 0.1) is 0 Å². The normalized spacial score (nSPS) is 20.9. The minimum absolute atomic E-state index is 0. The summed E-state index contributed by atoms with van der Waals surface area (Å²) in [6.45, 7) is 13.5. The van der Waals surface area contributed by atoms with E-state index in [-0.39, 0.29) is 24.0 Å². The predicted molar refractivity (Wildman–Crippen MR) is 142 cm³/mol. The first kappa shape index (κ1) is 26.1. The van der Waals surface area contributed by atoms with Crippen LogP contribution in [0.1, 0.15) is 45.1 Å². The van der Waals surface area contributed by atoms with Crippen molar-refractivity contribution in [2.75, 3.05) is 64.3 Å². The molecule has 2 saturated heterocycles. The third kappa shape index (κ3) is 8.38. The zero-order valence-corrected chi connectivity index (χ0v) is 22.0. The van der Waals surface area contributed by atoms with Gasteiger partial charge in [0.1, 0.15) is 5.82 Å². The van der Waals surface area contributed by atoms with Gasteiger partial charge in [0.15, 0.2) is 5.96 Å². The van der Waals surface area contributed by atoms with Crippen LogP contribution >= 0.6 is 24.0 Å². The van der Waals surface area contributed by atoms with Crippen molar-refractivity contribution in [3.05, 3.63) is 23.9 Å². The van der Waals surface area contributed by atoms with Crippen LogP contribution in [-0.4, -0.2) is 86.2 Å². The quantitative estimate of drug-likeness (QED) is 0.299. The molecule has 0 radical (unpaired) electrons. The van der Waals surface area contributed by atoms with E-state index in [4.69, 9.17) is 4.99 Å². The van der Waals surface area contributed by atoms with Gasteiger partial charge in [0.2, 0.25) is 0 Å². The molecular weight excluding hydrogens is 501 g/mol. The fourth-order valence-electron chi connectivity index (χ4n) is 4.38. The number of aromatic nitrogens is 1. The average molecular weight is 544 g/mol. The van der Waals surface area contributed by atoms with E-state index in [1.165, 1.54) is 32.2 Å². The van der Waals surface area contributed by atoms with Crippen molar-refractivity contribution < 1.29 is 0 Å². The smallest absolute Gasteiger partial charge is 0.191 e. The number of rotatable bonds is 8. The molecule has 7 nitrogen and oxygen atoms in total. The maximum Gasteiger partial charge on any atom is 0.191 e. The summed E-state index contributed by atoms with van der Waals surface area (Å²) < 4.78 is 0. The molecule has 1 unspecified atom stereocenters. The summed E-state index contributed by atoms with van der Waals surface area (Å²) in [4.78, 5) is 16.8. The lowest BCUT2D eigenvalue weighted by molar-refractivity contribution is 0.147. The molecule has 1 atom stereocenters. The zero-order valence-electron chi connectivity index (χ0n) is 19.6. The lowest BCUT2D eigenvalue weighted by atomic mass is 10.0. The average Bonchev–Trinajstić information content (AvgIpc) is 2.79. The molecular formula is C23H42IN7. The number of hydrogen-bond donors (Lipinski definition) is 2. The summed E-state index contributed by atoms with van der Waals surface area (Å²) in [5, 5.41) is 6.88. The van der Waals surface area contributed by atoms with Gasteiger partial charge in [-0.2, -0.15) is 0 Å². The Kier molecular flexibility index (Phi) is 11.9. The van der Waals surface area contributed by atoms with Crippen LogP contribution in [0.5, 0.6) is 0 Å². The van der Waals surface area contributed by atoms with Crippen molar-refractivity contribution in [2.45, 2.75) is 52.1 Å². The number of piperazine rings is 1. The predicted octanol–water partition coefficient (Wildman–Crippen LogP) is 2.77. The highest BCUT2D eigenvalue weighted by Crippen LogP contribution is 2.18. The fraction of sp³-hybridized carbons (Fsp3) is 0.739. The lowest BCUT2D eigenvalue weighted by Gasteiger charge is -2.35. The fourth-order valence-corrected chi connectivity index (χ4v) is 4.38. The summed E-state index contributed by atoms with van der Waals surface area (Å²) >= 11 is 0. The van der Waals surface area contributed by atoms with Crippen molar-refractivity contribution in [1.29, 1.82) is 0 Å².